The highest BCUT2D eigenvalue weighted by Crippen LogP contribution is 2.20. The topological polar surface area (TPSA) is 83.0 Å². The first kappa shape index (κ1) is 14.9. The highest BCUT2D eigenvalue weighted by molar-refractivity contribution is 5.60. The second-order valence-electron chi connectivity index (χ2n) is 4.98. The zero-order valence-electron chi connectivity index (χ0n) is 12.6. The number of aliphatic hydroxyl groups is 1. The Balaban J connectivity index is 1.98. The molecule has 3 aromatic rings. The van der Waals surface area contributed by atoms with Crippen molar-refractivity contribution in [1.82, 2.24) is 15.0 Å². The molecule has 3 N–H and O–H groups in total. The molecule has 2 aromatic carbocycles. The molecule has 1 unspecified atom stereocenters. The molecule has 0 aliphatic carbocycles. The summed E-state index contributed by atoms with van der Waals surface area (Å²) in [4.78, 5) is 13.1. The van der Waals surface area contributed by atoms with E-state index in [1.54, 1.807) is 6.92 Å². The van der Waals surface area contributed by atoms with Crippen molar-refractivity contribution in [3.8, 4) is 11.4 Å². The van der Waals surface area contributed by atoms with Gasteiger partial charge in [0.2, 0.25) is 11.9 Å². The summed E-state index contributed by atoms with van der Waals surface area (Å²) in [5.74, 6) is 1.25. The van der Waals surface area contributed by atoms with Gasteiger partial charge >= 0.3 is 0 Å². The number of nitrogens with zero attached hydrogens (tertiary/aromatic N) is 3. The van der Waals surface area contributed by atoms with Crippen LogP contribution in [0.2, 0.25) is 0 Å². The summed E-state index contributed by atoms with van der Waals surface area (Å²) in [6.07, 6.45) is -0.759. The smallest absolute Gasteiger partial charge is 0.232 e. The largest absolute Gasteiger partial charge is 0.374 e. The van der Waals surface area contributed by atoms with Gasteiger partial charge < -0.3 is 15.7 Å². The van der Waals surface area contributed by atoms with Gasteiger partial charge in [-0.1, -0.05) is 48.5 Å². The Morgan fingerprint density at radius 1 is 0.826 bits per heavy atom. The molecule has 3 rings (SSSR count). The van der Waals surface area contributed by atoms with E-state index in [1.807, 2.05) is 60.7 Å². The van der Waals surface area contributed by atoms with Crippen molar-refractivity contribution < 1.29 is 5.11 Å². The third-order valence-corrected chi connectivity index (χ3v) is 3.04. The van der Waals surface area contributed by atoms with Crippen LogP contribution in [0.5, 0.6) is 0 Å². The fourth-order valence-corrected chi connectivity index (χ4v) is 2.05. The summed E-state index contributed by atoms with van der Waals surface area (Å²) in [6, 6.07) is 19.3. The maximum atomic E-state index is 9.52. The van der Waals surface area contributed by atoms with Gasteiger partial charge in [-0.15, -0.1) is 0 Å². The minimum absolute atomic E-state index is 0.312. The number of aromatic nitrogens is 3. The van der Waals surface area contributed by atoms with Crippen molar-refractivity contribution >= 4 is 17.6 Å². The van der Waals surface area contributed by atoms with Crippen LogP contribution in [0.15, 0.2) is 60.7 Å². The van der Waals surface area contributed by atoms with Crippen LogP contribution < -0.4 is 10.6 Å². The monoisotopic (exact) mass is 307 g/mol. The molecule has 23 heavy (non-hydrogen) atoms. The van der Waals surface area contributed by atoms with E-state index in [-0.39, 0.29) is 0 Å². The van der Waals surface area contributed by atoms with E-state index < -0.39 is 6.23 Å². The third-order valence-electron chi connectivity index (χ3n) is 3.04. The zero-order chi connectivity index (χ0) is 16.1. The molecule has 0 saturated heterocycles. The molecule has 0 aliphatic rings. The summed E-state index contributed by atoms with van der Waals surface area (Å²) in [5.41, 5.74) is 1.75. The Kier molecular flexibility index (Phi) is 4.44. The lowest BCUT2D eigenvalue weighted by molar-refractivity contribution is 0.223. The molecule has 116 valence electrons. The summed E-state index contributed by atoms with van der Waals surface area (Å²) in [6.45, 7) is 1.61. The van der Waals surface area contributed by atoms with E-state index in [2.05, 4.69) is 25.6 Å². The molecule has 0 radical (unpaired) electrons. The van der Waals surface area contributed by atoms with E-state index in [0.29, 0.717) is 17.7 Å². The summed E-state index contributed by atoms with van der Waals surface area (Å²) in [5, 5.41) is 15.5. The van der Waals surface area contributed by atoms with Crippen LogP contribution in [0.1, 0.15) is 6.92 Å². The summed E-state index contributed by atoms with van der Waals surface area (Å²) in [7, 11) is 0. The van der Waals surface area contributed by atoms with Crippen LogP contribution >= 0.6 is 0 Å². The molecule has 0 saturated carbocycles. The minimum atomic E-state index is -0.759. The van der Waals surface area contributed by atoms with Crippen molar-refractivity contribution in [3.63, 3.8) is 0 Å². The SMILES string of the molecule is CC(O)Nc1nc(Nc2ccccc2)nc(-c2ccccc2)n1. The Morgan fingerprint density at radius 3 is 2.09 bits per heavy atom. The van der Waals surface area contributed by atoms with Gasteiger partial charge in [0.1, 0.15) is 6.23 Å². The Morgan fingerprint density at radius 2 is 1.43 bits per heavy atom. The van der Waals surface area contributed by atoms with Crippen molar-refractivity contribution in [2.75, 3.05) is 10.6 Å². The number of anilines is 3. The molecule has 0 fully saturated rings. The number of nitrogens with one attached hydrogen (secondary N) is 2. The predicted octanol–water partition coefficient (Wildman–Crippen LogP) is 3.03. The first-order valence-electron chi connectivity index (χ1n) is 7.29. The molecule has 1 atom stereocenters. The molecular formula is C17H17N5O. The van der Waals surface area contributed by atoms with E-state index in [9.17, 15) is 5.11 Å². The average molecular weight is 307 g/mol. The second-order valence-corrected chi connectivity index (χ2v) is 4.98. The number of hydrogen-bond acceptors (Lipinski definition) is 6. The van der Waals surface area contributed by atoms with Gasteiger partial charge in [-0.2, -0.15) is 15.0 Å². The predicted molar refractivity (Wildman–Crippen MR) is 90.3 cm³/mol. The van der Waals surface area contributed by atoms with E-state index in [0.717, 1.165) is 11.3 Å². The summed E-state index contributed by atoms with van der Waals surface area (Å²) >= 11 is 0. The van der Waals surface area contributed by atoms with Crippen molar-refractivity contribution in [2.24, 2.45) is 0 Å². The highest BCUT2D eigenvalue weighted by atomic mass is 16.3. The zero-order valence-corrected chi connectivity index (χ0v) is 12.6. The minimum Gasteiger partial charge on any atom is -0.374 e. The van der Waals surface area contributed by atoms with Gasteiger partial charge in [0, 0.05) is 11.3 Å². The first-order valence-corrected chi connectivity index (χ1v) is 7.29. The quantitative estimate of drug-likeness (QED) is 0.628. The number of benzene rings is 2. The Bertz CT molecular complexity index is 762. The Labute approximate surface area is 134 Å². The number of hydrogen-bond donors (Lipinski definition) is 3. The first-order chi connectivity index (χ1) is 11.2. The fraction of sp³-hybridized carbons (Fsp3) is 0.118. The van der Waals surface area contributed by atoms with Crippen molar-refractivity contribution in [1.29, 1.82) is 0 Å². The van der Waals surface area contributed by atoms with Crippen molar-refractivity contribution in [2.45, 2.75) is 13.2 Å². The average Bonchev–Trinajstić information content (AvgIpc) is 2.56. The molecule has 0 bridgehead atoms. The van der Waals surface area contributed by atoms with Crippen LogP contribution in [-0.4, -0.2) is 26.3 Å². The van der Waals surface area contributed by atoms with Gasteiger partial charge in [-0.3, -0.25) is 0 Å². The molecule has 6 nitrogen and oxygen atoms in total. The third kappa shape index (κ3) is 4.02. The van der Waals surface area contributed by atoms with Gasteiger partial charge in [0.05, 0.1) is 0 Å². The molecule has 0 spiro atoms. The fourth-order valence-electron chi connectivity index (χ4n) is 2.05. The summed E-state index contributed by atoms with van der Waals surface area (Å²) < 4.78 is 0. The van der Waals surface area contributed by atoms with Gasteiger partial charge in [-0.25, -0.2) is 0 Å². The second kappa shape index (κ2) is 6.85. The van der Waals surface area contributed by atoms with E-state index >= 15 is 0 Å². The molecule has 1 heterocycles. The number of aliphatic hydroxyl groups excluding tert-OH is 1. The van der Waals surface area contributed by atoms with Crippen LogP contribution in [0, 0.1) is 0 Å². The molecular weight excluding hydrogens is 290 g/mol. The molecule has 0 aliphatic heterocycles. The lowest BCUT2D eigenvalue weighted by Gasteiger charge is -2.11. The maximum absolute atomic E-state index is 9.52. The lowest BCUT2D eigenvalue weighted by atomic mass is 10.2. The Hall–Kier alpha value is -2.99. The number of rotatable bonds is 5. The van der Waals surface area contributed by atoms with Crippen LogP contribution in [0.25, 0.3) is 11.4 Å². The molecule has 1 aromatic heterocycles. The molecule has 0 amide bonds. The molecule has 6 heteroatoms. The van der Waals surface area contributed by atoms with Crippen LogP contribution in [0.4, 0.5) is 17.6 Å². The number of para-hydroxylation sites is 1. The van der Waals surface area contributed by atoms with E-state index in [1.165, 1.54) is 0 Å². The normalized spacial score (nSPS) is 11.7. The van der Waals surface area contributed by atoms with Crippen molar-refractivity contribution in [3.05, 3.63) is 60.7 Å². The van der Waals surface area contributed by atoms with Crippen LogP contribution in [-0.2, 0) is 0 Å². The van der Waals surface area contributed by atoms with Crippen LogP contribution in [0.3, 0.4) is 0 Å². The lowest BCUT2D eigenvalue weighted by Crippen LogP contribution is -2.17. The van der Waals surface area contributed by atoms with E-state index in [4.69, 9.17) is 0 Å². The highest BCUT2D eigenvalue weighted by Gasteiger charge is 2.09. The van der Waals surface area contributed by atoms with Gasteiger partial charge in [0.25, 0.3) is 0 Å². The standard InChI is InChI=1S/C17H17N5O/c1-12(23)18-16-20-15(13-8-4-2-5-9-13)21-17(22-16)19-14-10-6-3-7-11-14/h2-12,23H,1H3,(H2,18,19,20,21,22). The van der Waals surface area contributed by atoms with Gasteiger partial charge in [0.15, 0.2) is 5.82 Å². The van der Waals surface area contributed by atoms with Gasteiger partial charge in [-0.05, 0) is 19.1 Å². The maximum Gasteiger partial charge on any atom is 0.232 e.